The first-order valence-corrected chi connectivity index (χ1v) is 6.88. The first-order chi connectivity index (χ1) is 8.21. The molecule has 92 valence electrons. The van der Waals surface area contributed by atoms with Gasteiger partial charge in [-0.1, -0.05) is 0 Å². The number of ether oxygens (including phenoxy) is 1. The zero-order valence-corrected chi connectivity index (χ0v) is 10.3. The molecule has 5 heteroatoms. The topological polar surface area (TPSA) is 49.8 Å². The van der Waals surface area contributed by atoms with Crippen LogP contribution in [0.4, 0.5) is 4.79 Å². The number of hydrogen-bond acceptors (Lipinski definition) is 3. The van der Waals surface area contributed by atoms with Crippen molar-refractivity contribution < 1.29 is 14.6 Å². The van der Waals surface area contributed by atoms with Gasteiger partial charge in [-0.15, -0.1) is 11.8 Å². The standard InChI is InChI=1S/C12H15NO3S/c14-11(15)13-5-3-12(4-6-13)10-9(1-7-16-12)2-8-17-10/h1,7H,2-6,8H2,(H,14,15). The molecule has 4 nitrogen and oxygen atoms in total. The van der Waals surface area contributed by atoms with Gasteiger partial charge in [-0.2, -0.15) is 0 Å². The Balaban J connectivity index is 1.80. The van der Waals surface area contributed by atoms with Crippen LogP contribution in [-0.4, -0.2) is 40.5 Å². The zero-order valence-electron chi connectivity index (χ0n) is 9.52. The highest BCUT2D eigenvalue weighted by atomic mass is 32.2. The average molecular weight is 253 g/mol. The van der Waals surface area contributed by atoms with Gasteiger partial charge in [0.1, 0.15) is 5.60 Å². The van der Waals surface area contributed by atoms with E-state index in [1.165, 1.54) is 15.4 Å². The smallest absolute Gasteiger partial charge is 0.407 e. The summed E-state index contributed by atoms with van der Waals surface area (Å²) in [5.41, 5.74) is 1.17. The van der Waals surface area contributed by atoms with Gasteiger partial charge >= 0.3 is 6.09 Å². The Bertz CT molecular complexity index is 408. The maximum Gasteiger partial charge on any atom is 0.407 e. The molecule has 0 atom stereocenters. The van der Waals surface area contributed by atoms with Gasteiger partial charge in [-0.05, 0) is 18.1 Å². The molecule has 1 amide bonds. The third-order valence-electron chi connectivity index (χ3n) is 3.73. The molecular formula is C12H15NO3S. The number of fused-ring (bicyclic) bond motifs is 1. The minimum atomic E-state index is -0.820. The van der Waals surface area contributed by atoms with Gasteiger partial charge in [-0.3, -0.25) is 0 Å². The highest BCUT2D eigenvalue weighted by Crippen LogP contribution is 2.48. The largest absolute Gasteiger partial charge is 0.489 e. The van der Waals surface area contributed by atoms with Gasteiger partial charge in [0.05, 0.1) is 6.26 Å². The second kappa shape index (κ2) is 3.98. The molecule has 17 heavy (non-hydrogen) atoms. The fourth-order valence-corrected chi connectivity index (χ4v) is 4.15. The van der Waals surface area contributed by atoms with Gasteiger partial charge in [0.2, 0.25) is 0 Å². The van der Waals surface area contributed by atoms with E-state index in [9.17, 15) is 4.79 Å². The molecule has 1 spiro atoms. The number of rotatable bonds is 0. The monoisotopic (exact) mass is 253 g/mol. The molecule has 0 saturated carbocycles. The van der Waals surface area contributed by atoms with Gasteiger partial charge in [0.25, 0.3) is 0 Å². The highest BCUT2D eigenvalue weighted by molar-refractivity contribution is 8.03. The van der Waals surface area contributed by atoms with E-state index < -0.39 is 6.09 Å². The molecule has 0 bridgehead atoms. The Kier molecular flexibility index (Phi) is 2.58. The summed E-state index contributed by atoms with van der Waals surface area (Å²) in [5, 5.41) is 8.97. The number of amides is 1. The number of allylic oxidation sites excluding steroid dienone is 2. The number of carbonyl (C=O) groups is 1. The van der Waals surface area contributed by atoms with Gasteiger partial charge in [-0.25, -0.2) is 4.79 Å². The molecule has 3 heterocycles. The number of hydrogen-bond donors (Lipinski definition) is 1. The Hall–Kier alpha value is -1.10. The molecule has 0 aromatic heterocycles. The van der Waals surface area contributed by atoms with Crippen LogP contribution in [0.25, 0.3) is 0 Å². The first-order valence-electron chi connectivity index (χ1n) is 5.90. The van der Waals surface area contributed by atoms with Crippen molar-refractivity contribution >= 4 is 17.9 Å². The molecule has 1 N–H and O–H groups in total. The maximum absolute atomic E-state index is 10.9. The fraction of sp³-hybridized carbons (Fsp3) is 0.583. The Labute approximate surface area is 104 Å². The predicted octanol–water partition coefficient (Wildman–Crippen LogP) is 2.43. The summed E-state index contributed by atoms with van der Waals surface area (Å²) in [6.45, 7) is 1.14. The van der Waals surface area contributed by atoms with Crippen molar-refractivity contribution in [1.82, 2.24) is 4.90 Å². The minimum Gasteiger partial charge on any atom is -0.489 e. The van der Waals surface area contributed by atoms with Crippen LogP contribution in [0.5, 0.6) is 0 Å². The van der Waals surface area contributed by atoms with E-state index in [2.05, 4.69) is 6.08 Å². The Morgan fingerprint density at radius 1 is 1.47 bits per heavy atom. The lowest BCUT2D eigenvalue weighted by atomic mass is 9.87. The average Bonchev–Trinajstić information content (AvgIpc) is 2.80. The lowest BCUT2D eigenvalue weighted by Gasteiger charge is -2.42. The SMILES string of the molecule is O=C(O)N1CCC2(CC1)OC=CC1=C2SCC1. The maximum atomic E-state index is 10.9. The predicted molar refractivity (Wildman–Crippen MR) is 65.9 cm³/mol. The van der Waals surface area contributed by atoms with E-state index >= 15 is 0 Å². The molecule has 1 saturated heterocycles. The number of carboxylic acid groups (broad SMARTS) is 1. The molecule has 0 radical (unpaired) electrons. The van der Waals surface area contributed by atoms with Gasteiger partial charge in [0, 0.05) is 36.6 Å². The van der Waals surface area contributed by atoms with E-state index in [0.29, 0.717) is 13.1 Å². The third kappa shape index (κ3) is 1.73. The van der Waals surface area contributed by atoms with Crippen LogP contribution in [0.3, 0.4) is 0 Å². The number of nitrogens with zero attached hydrogens (tertiary/aromatic N) is 1. The van der Waals surface area contributed by atoms with Crippen molar-refractivity contribution in [3.63, 3.8) is 0 Å². The summed E-state index contributed by atoms with van der Waals surface area (Å²) in [6.07, 6.45) is 5.69. The molecule has 1 fully saturated rings. The third-order valence-corrected chi connectivity index (χ3v) is 5.06. The number of piperidine rings is 1. The lowest BCUT2D eigenvalue weighted by molar-refractivity contribution is 0.00295. The number of likely N-dealkylation sites (tertiary alicyclic amines) is 1. The highest BCUT2D eigenvalue weighted by Gasteiger charge is 2.44. The molecule has 0 unspecified atom stereocenters. The van der Waals surface area contributed by atoms with Crippen molar-refractivity contribution in [3.8, 4) is 0 Å². The second-order valence-corrected chi connectivity index (χ2v) is 5.74. The zero-order chi connectivity index (χ0) is 11.9. The molecule has 3 aliphatic rings. The second-order valence-electron chi connectivity index (χ2n) is 4.64. The molecule has 0 aromatic carbocycles. The van der Waals surface area contributed by atoms with Crippen LogP contribution in [0.1, 0.15) is 19.3 Å². The van der Waals surface area contributed by atoms with Crippen LogP contribution < -0.4 is 0 Å². The quantitative estimate of drug-likeness (QED) is 0.720. The summed E-state index contributed by atoms with van der Waals surface area (Å²) in [7, 11) is 0. The van der Waals surface area contributed by atoms with Crippen molar-refractivity contribution in [1.29, 1.82) is 0 Å². The van der Waals surface area contributed by atoms with Crippen LogP contribution in [0.2, 0.25) is 0 Å². The van der Waals surface area contributed by atoms with Crippen LogP contribution in [0, 0.1) is 0 Å². The summed E-state index contributed by atoms with van der Waals surface area (Å²) in [4.78, 5) is 13.7. The summed E-state index contributed by atoms with van der Waals surface area (Å²) >= 11 is 1.88. The van der Waals surface area contributed by atoms with Crippen LogP contribution >= 0.6 is 11.8 Å². The van der Waals surface area contributed by atoms with Crippen molar-refractivity contribution in [3.05, 3.63) is 22.8 Å². The fourth-order valence-electron chi connectivity index (χ4n) is 2.76. The van der Waals surface area contributed by atoms with E-state index in [4.69, 9.17) is 9.84 Å². The molecular weight excluding hydrogens is 238 g/mol. The van der Waals surface area contributed by atoms with Gasteiger partial charge in [0.15, 0.2) is 0 Å². The summed E-state index contributed by atoms with van der Waals surface area (Å²) < 4.78 is 5.87. The van der Waals surface area contributed by atoms with Crippen LogP contribution in [0.15, 0.2) is 22.8 Å². The lowest BCUT2D eigenvalue weighted by Crippen LogP contribution is -2.48. The molecule has 3 rings (SSSR count). The number of thioether (sulfide) groups is 1. The Morgan fingerprint density at radius 2 is 2.24 bits per heavy atom. The van der Waals surface area contributed by atoms with Crippen LogP contribution in [-0.2, 0) is 4.74 Å². The van der Waals surface area contributed by atoms with Crippen molar-refractivity contribution in [2.75, 3.05) is 18.8 Å². The Morgan fingerprint density at radius 3 is 2.94 bits per heavy atom. The van der Waals surface area contributed by atoms with E-state index in [-0.39, 0.29) is 5.60 Å². The van der Waals surface area contributed by atoms with Gasteiger partial charge < -0.3 is 14.7 Å². The van der Waals surface area contributed by atoms with E-state index in [1.807, 2.05) is 11.8 Å². The molecule has 3 aliphatic heterocycles. The first kappa shape index (κ1) is 11.0. The van der Waals surface area contributed by atoms with E-state index in [0.717, 1.165) is 25.0 Å². The summed E-state index contributed by atoms with van der Waals surface area (Å²) in [5.74, 6) is 1.13. The molecule has 0 aromatic rings. The van der Waals surface area contributed by atoms with Crippen molar-refractivity contribution in [2.24, 2.45) is 0 Å². The summed E-state index contributed by atoms with van der Waals surface area (Å²) in [6, 6.07) is 0. The molecule has 0 aliphatic carbocycles. The van der Waals surface area contributed by atoms with Crippen molar-refractivity contribution in [2.45, 2.75) is 24.9 Å². The normalized spacial score (nSPS) is 26.0. The minimum absolute atomic E-state index is 0.225. The van der Waals surface area contributed by atoms with E-state index in [1.54, 1.807) is 6.26 Å².